The predicted octanol–water partition coefficient (Wildman–Crippen LogP) is 0.428. The summed E-state index contributed by atoms with van der Waals surface area (Å²) in [6.07, 6.45) is 1.29. The van der Waals surface area contributed by atoms with E-state index in [4.69, 9.17) is 5.73 Å². The van der Waals surface area contributed by atoms with Crippen molar-refractivity contribution < 1.29 is 8.42 Å². The monoisotopic (exact) mass is 250 g/mol. The van der Waals surface area contributed by atoms with Crippen molar-refractivity contribution in [3.05, 3.63) is 42.2 Å². The first-order valence-corrected chi connectivity index (χ1v) is 6.45. The van der Waals surface area contributed by atoms with Gasteiger partial charge in [0.2, 0.25) is 5.95 Å². The molecule has 2 aromatic rings. The van der Waals surface area contributed by atoms with Crippen molar-refractivity contribution >= 4 is 15.8 Å². The molecule has 0 unspecified atom stereocenters. The first-order valence-electron chi connectivity index (χ1n) is 4.80. The van der Waals surface area contributed by atoms with Crippen LogP contribution in [0.2, 0.25) is 0 Å². The molecule has 0 fully saturated rings. The van der Waals surface area contributed by atoms with Gasteiger partial charge < -0.3 is 5.73 Å². The Morgan fingerprint density at radius 1 is 1.18 bits per heavy atom. The van der Waals surface area contributed by atoms with Crippen LogP contribution < -0.4 is 5.73 Å². The zero-order valence-corrected chi connectivity index (χ0v) is 9.63. The first-order chi connectivity index (χ1) is 8.08. The number of sulfone groups is 1. The Kier molecular flexibility index (Phi) is 3.01. The van der Waals surface area contributed by atoms with Crippen molar-refractivity contribution in [2.75, 3.05) is 5.73 Å². The lowest BCUT2D eigenvalue weighted by molar-refractivity contribution is 0.594. The molecule has 17 heavy (non-hydrogen) atoms. The predicted molar refractivity (Wildman–Crippen MR) is 61.6 cm³/mol. The lowest BCUT2D eigenvalue weighted by atomic mass is 10.4. The molecule has 1 aromatic heterocycles. The number of anilines is 1. The lowest BCUT2D eigenvalue weighted by Crippen LogP contribution is -2.08. The van der Waals surface area contributed by atoms with E-state index in [0.717, 1.165) is 0 Å². The van der Waals surface area contributed by atoms with Gasteiger partial charge in [-0.05, 0) is 12.1 Å². The molecule has 0 saturated carbocycles. The van der Waals surface area contributed by atoms with E-state index in [2.05, 4.69) is 15.2 Å². The molecular weight excluding hydrogens is 240 g/mol. The van der Waals surface area contributed by atoms with E-state index in [9.17, 15) is 8.42 Å². The van der Waals surface area contributed by atoms with Crippen LogP contribution in [0.3, 0.4) is 0 Å². The topological polar surface area (TPSA) is 98.8 Å². The maximum absolute atomic E-state index is 12.0. The maximum atomic E-state index is 12.0. The van der Waals surface area contributed by atoms with Gasteiger partial charge in [0.05, 0.1) is 22.5 Å². The highest BCUT2D eigenvalue weighted by molar-refractivity contribution is 7.90. The summed E-state index contributed by atoms with van der Waals surface area (Å²) >= 11 is 0. The molecule has 88 valence electrons. The van der Waals surface area contributed by atoms with Crippen molar-refractivity contribution in [1.29, 1.82) is 0 Å². The fourth-order valence-electron chi connectivity index (χ4n) is 1.33. The van der Waals surface area contributed by atoms with Crippen LogP contribution in [0.25, 0.3) is 0 Å². The highest BCUT2D eigenvalue weighted by atomic mass is 32.2. The number of nitrogens with two attached hydrogens (primary N) is 1. The molecule has 1 aromatic carbocycles. The van der Waals surface area contributed by atoms with Gasteiger partial charge in [-0.25, -0.2) is 13.4 Å². The molecule has 0 aliphatic carbocycles. The molecule has 2 N–H and O–H groups in total. The van der Waals surface area contributed by atoms with Gasteiger partial charge in [-0.15, -0.1) is 5.10 Å². The van der Waals surface area contributed by atoms with Crippen LogP contribution in [0.4, 0.5) is 5.95 Å². The number of hydrogen-bond acceptors (Lipinski definition) is 6. The largest absolute Gasteiger partial charge is 0.366 e. The number of rotatable bonds is 3. The molecule has 1 heterocycles. The van der Waals surface area contributed by atoms with Gasteiger partial charge in [-0.1, -0.05) is 18.2 Å². The van der Waals surface area contributed by atoms with Gasteiger partial charge >= 0.3 is 0 Å². The average molecular weight is 250 g/mol. The number of aromatic nitrogens is 3. The van der Waals surface area contributed by atoms with Crippen LogP contribution in [0.15, 0.2) is 41.4 Å². The van der Waals surface area contributed by atoms with Gasteiger partial charge in [0.1, 0.15) is 0 Å². The SMILES string of the molecule is Nc1nncc(CS(=O)(=O)c2ccccc2)n1. The Morgan fingerprint density at radius 3 is 2.53 bits per heavy atom. The van der Waals surface area contributed by atoms with Crippen LogP contribution >= 0.6 is 0 Å². The second kappa shape index (κ2) is 4.46. The van der Waals surface area contributed by atoms with E-state index in [-0.39, 0.29) is 22.3 Å². The third-order valence-electron chi connectivity index (χ3n) is 2.07. The lowest BCUT2D eigenvalue weighted by Gasteiger charge is -2.03. The summed E-state index contributed by atoms with van der Waals surface area (Å²) in [6.45, 7) is 0. The second-order valence-corrected chi connectivity index (χ2v) is 5.37. The van der Waals surface area contributed by atoms with Crippen LogP contribution in [0.5, 0.6) is 0 Å². The van der Waals surface area contributed by atoms with Gasteiger partial charge in [0.15, 0.2) is 9.84 Å². The van der Waals surface area contributed by atoms with E-state index >= 15 is 0 Å². The van der Waals surface area contributed by atoms with Crippen molar-refractivity contribution in [1.82, 2.24) is 15.2 Å². The van der Waals surface area contributed by atoms with Crippen LogP contribution in [0, 0.1) is 0 Å². The smallest absolute Gasteiger partial charge is 0.240 e. The molecule has 0 aliphatic heterocycles. The van der Waals surface area contributed by atoms with E-state index in [1.54, 1.807) is 18.2 Å². The van der Waals surface area contributed by atoms with Crippen LogP contribution in [-0.4, -0.2) is 23.6 Å². The molecule has 0 radical (unpaired) electrons. The molecule has 0 bridgehead atoms. The standard InChI is InChI=1S/C10H10N4O2S/c11-10-13-8(6-12-14-10)7-17(15,16)9-4-2-1-3-5-9/h1-6H,7H2,(H2,11,13,14). The van der Waals surface area contributed by atoms with Crippen LogP contribution in [-0.2, 0) is 15.6 Å². The van der Waals surface area contributed by atoms with Crippen molar-refractivity contribution in [3.8, 4) is 0 Å². The number of benzene rings is 1. The maximum Gasteiger partial charge on any atom is 0.240 e. The summed E-state index contributed by atoms with van der Waals surface area (Å²) in [5.74, 6) is -0.276. The van der Waals surface area contributed by atoms with E-state index in [0.29, 0.717) is 0 Å². The minimum absolute atomic E-state index is 0.0363. The number of hydrogen-bond donors (Lipinski definition) is 1. The van der Waals surface area contributed by atoms with Crippen molar-refractivity contribution in [2.24, 2.45) is 0 Å². The molecular formula is C10H10N4O2S. The van der Waals surface area contributed by atoms with E-state index < -0.39 is 9.84 Å². The zero-order valence-electron chi connectivity index (χ0n) is 8.81. The Morgan fingerprint density at radius 2 is 1.88 bits per heavy atom. The number of nitrogens with zero attached hydrogens (tertiary/aromatic N) is 3. The highest BCUT2D eigenvalue weighted by Crippen LogP contribution is 2.14. The molecule has 0 amide bonds. The molecule has 0 aliphatic rings. The van der Waals surface area contributed by atoms with Gasteiger partial charge in [0, 0.05) is 0 Å². The minimum atomic E-state index is -3.42. The average Bonchev–Trinajstić information content (AvgIpc) is 2.29. The normalized spacial score (nSPS) is 11.3. The fraction of sp³-hybridized carbons (Fsp3) is 0.100. The molecule has 0 spiro atoms. The van der Waals surface area contributed by atoms with Gasteiger partial charge in [-0.3, -0.25) is 0 Å². The van der Waals surface area contributed by atoms with Gasteiger partial charge in [-0.2, -0.15) is 5.10 Å². The molecule has 7 heteroatoms. The summed E-state index contributed by atoms with van der Waals surface area (Å²) in [5, 5.41) is 7.02. The Hall–Kier alpha value is -2.02. The third kappa shape index (κ3) is 2.76. The molecule has 0 saturated heterocycles. The zero-order chi connectivity index (χ0) is 12.3. The Labute approximate surface area is 98.4 Å². The summed E-state index contributed by atoms with van der Waals surface area (Å²) in [5.41, 5.74) is 5.62. The number of nitrogen functional groups attached to an aromatic ring is 1. The minimum Gasteiger partial charge on any atom is -0.366 e. The van der Waals surface area contributed by atoms with E-state index in [1.165, 1.54) is 18.3 Å². The van der Waals surface area contributed by atoms with Crippen molar-refractivity contribution in [2.45, 2.75) is 10.6 Å². The summed E-state index contributed by atoms with van der Waals surface area (Å²) < 4.78 is 24.0. The van der Waals surface area contributed by atoms with Crippen LogP contribution in [0.1, 0.15) is 5.69 Å². The summed E-state index contributed by atoms with van der Waals surface area (Å²) in [6, 6.07) is 8.16. The second-order valence-electron chi connectivity index (χ2n) is 3.38. The first kappa shape index (κ1) is 11.5. The summed E-state index contributed by atoms with van der Waals surface area (Å²) in [7, 11) is -3.42. The highest BCUT2D eigenvalue weighted by Gasteiger charge is 2.16. The Bertz CT molecular complexity index is 613. The fourth-order valence-corrected chi connectivity index (χ4v) is 2.60. The van der Waals surface area contributed by atoms with Crippen molar-refractivity contribution in [3.63, 3.8) is 0 Å². The Balaban J connectivity index is 2.30. The van der Waals surface area contributed by atoms with Gasteiger partial charge in [0.25, 0.3) is 0 Å². The quantitative estimate of drug-likeness (QED) is 0.848. The third-order valence-corrected chi connectivity index (χ3v) is 3.73. The molecule has 2 rings (SSSR count). The molecule has 0 atom stereocenters. The van der Waals surface area contributed by atoms with E-state index in [1.807, 2.05) is 0 Å². The molecule has 6 nitrogen and oxygen atoms in total. The summed E-state index contributed by atoms with van der Waals surface area (Å²) in [4.78, 5) is 4.06.